The predicted octanol–water partition coefficient (Wildman–Crippen LogP) is 3.54. The molecule has 6 nitrogen and oxygen atoms in total. The summed E-state index contributed by atoms with van der Waals surface area (Å²) in [7, 11) is -3.85. The van der Waals surface area contributed by atoms with Crippen LogP contribution >= 0.6 is 27.5 Å². The predicted molar refractivity (Wildman–Crippen MR) is 123 cm³/mol. The van der Waals surface area contributed by atoms with Crippen LogP contribution in [0, 0.1) is 0 Å². The quantitative estimate of drug-likeness (QED) is 0.532. The van der Waals surface area contributed by atoms with Gasteiger partial charge in [-0.1, -0.05) is 70.0 Å². The lowest BCUT2D eigenvalue weighted by molar-refractivity contribution is -0.150. The van der Waals surface area contributed by atoms with Crippen molar-refractivity contribution in [3.05, 3.63) is 93.2 Å². The highest BCUT2D eigenvalue weighted by molar-refractivity contribution is 9.10. The van der Waals surface area contributed by atoms with E-state index in [2.05, 4.69) is 20.9 Å². The highest BCUT2D eigenvalue weighted by Crippen LogP contribution is 2.67. The number of pyridine rings is 1. The van der Waals surface area contributed by atoms with Crippen LogP contribution in [0.3, 0.4) is 0 Å². The molecule has 3 aromatic rings. The SMILES string of the molecule is CS(=O)(=O)C1[C@@H](O)[C@@]2(O)c3ncc(Cl)cc3O[C@@]2(c2ccc(Br)cc2)[C@@H]1c1ccccc1. The Bertz CT molecular complexity index is 1300. The van der Waals surface area contributed by atoms with E-state index < -0.39 is 38.3 Å². The molecule has 166 valence electrons. The number of aliphatic hydroxyl groups is 2. The first-order chi connectivity index (χ1) is 15.1. The molecule has 1 aromatic heterocycles. The first kappa shape index (κ1) is 21.9. The second-order valence-corrected chi connectivity index (χ2v) is 11.8. The minimum atomic E-state index is -3.85. The van der Waals surface area contributed by atoms with Crippen molar-refractivity contribution in [2.24, 2.45) is 0 Å². The molecule has 1 aliphatic carbocycles. The van der Waals surface area contributed by atoms with Crippen LogP contribution in [0.2, 0.25) is 5.02 Å². The van der Waals surface area contributed by atoms with Crippen LogP contribution in [0.5, 0.6) is 5.75 Å². The molecule has 5 rings (SSSR count). The van der Waals surface area contributed by atoms with Crippen molar-refractivity contribution in [2.75, 3.05) is 6.26 Å². The van der Waals surface area contributed by atoms with Crippen LogP contribution in [0.4, 0.5) is 0 Å². The Hall–Kier alpha value is -1.97. The number of benzene rings is 2. The normalized spacial score (nSPS) is 31.1. The van der Waals surface area contributed by atoms with Gasteiger partial charge in [0.2, 0.25) is 0 Å². The second-order valence-electron chi connectivity index (χ2n) is 8.24. The minimum Gasteiger partial charge on any atom is -0.476 e. The maximum atomic E-state index is 13.0. The second kappa shape index (κ2) is 7.27. The molecule has 2 heterocycles. The van der Waals surface area contributed by atoms with Gasteiger partial charge >= 0.3 is 0 Å². The van der Waals surface area contributed by atoms with E-state index in [0.29, 0.717) is 16.1 Å². The lowest BCUT2D eigenvalue weighted by Gasteiger charge is -2.40. The lowest BCUT2D eigenvalue weighted by atomic mass is 9.72. The topological polar surface area (TPSA) is 96.7 Å². The molecule has 5 atom stereocenters. The standard InChI is InChI=1S/C23H19BrClNO5S/c1-32(29,30)19-18(13-5-3-2-4-6-13)23(14-7-9-15(24)10-8-14)22(28,21(19)27)20-17(31-23)11-16(25)12-26-20/h2-12,18-19,21,27-28H,1H3/t18-,19?,21-,22+,23+/m1/s1. The Balaban J connectivity index is 1.90. The molecule has 0 saturated heterocycles. The molecule has 2 N–H and O–H groups in total. The number of hydrogen-bond acceptors (Lipinski definition) is 6. The van der Waals surface area contributed by atoms with Gasteiger partial charge < -0.3 is 14.9 Å². The first-order valence-corrected chi connectivity index (χ1v) is 13.0. The highest BCUT2D eigenvalue weighted by Gasteiger charge is 2.78. The largest absolute Gasteiger partial charge is 0.476 e. The number of aliphatic hydroxyl groups excluding tert-OH is 1. The summed E-state index contributed by atoms with van der Waals surface area (Å²) < 4.78 is 33.3. The monoisotopic (exact) mass is 535 g/mol. The van der Waals surface area contributed by atoms with Gasteiger partial charge in [-0.25, -0.2) is 8.42 Å². The molecule has 0 radical (unpaired) electrons. The average Bonchev–Trinajstić information content (AvgIpc) is 3.12. The number of aromatic nitrogens is 1. The molecule has 2 aliphatic rings. The van der Waals surface area contributed by atoms with Crippen LogP contribution in [0.1, 0.15) is 22.7 Å². The van der Waals surface area contributed by atoms with Gasteiger partial charge in [0.05, 0.1) is 10.9 Å². The number of halogens is 2. The van der Waals surface area contributed by atoms with Gasteiger partial charge in [-0.05, 0) is 23.3 Å². The van der Waals surface area contributed by atoms with Gasteiger partial charge in [-0.15, -0.1) is 0 Å². The fraction of sp³-hybridized carbons (Fsp3) is 0.261. The van der Waals surface area contributed by atoms with Crippen LogP contribution < -0.4 is 4.74 Å². The average molecular weight is 537 g/mol. The molecular weight excluding hydrogens is 518 g/mol. The molecule has 0 spiro atoms. The van der Waals surface area contributed by atoms with E-state index in [0.717, 1.165) is 10.7 Å². The summed E-state index contributed by atoms with van der Waals surface area (Å²) in [4.78, 5) is 4.29. The first-order valence-electron chi connectivity index (χ1n) is 9.86. The molecule has 0 amide bonds. The summed E-state index contributed by atoms with van der Waals surface area (Å²) in [5, 5.41) is 22.7. The zero-order valence-electron chi connectivity index (χ0n) is 16.8. The third-order valence-corrected chi connectivity index (χ3v) is 8.70. The molecule has 2 aromatic carbocycles. The number of hydrogen-bond donors (Lipinski definition) is 2. The Morgan fingerprint density at radius 2 is 1.78 bits per heavy atom. The fourth-order valence-corrected chi connectivity index (χ4v) is 7.17. The van der Waals surface area contributed by atoms with Crippen molar-refractivity contribution in [3.8, 4) is 5.75 Å². The van der Waals surface area contributed by atoms with Crippen molar-refractivity contribution in [2.45, 2.75) is 28.5 Å². The minimum absolute atomic E-state index is 0.0596. The number of sulfone groups is 1. The molecule has 1 unspecified atom stereocenters. The zero-order chi connectivity index (χ0) is 22.9. The van der Waals surface area contributed by atoms with Crippen LogP contribution in [-0.2, 0) is 21.0 Å². The summed E-state index contributed by atoms with van der Waals surface area (Å²) in [5.74, 6) is -0.734. The number of rotatable bonds is 3. The van der Waals surface area contributed by atoms with Crippen LogP contribution in [0.25, 0.3) is 0 Å². The summed E-state index contributed by atoms with van der Waals surface area (Å²) in [6, 6.07) is 17.5. The summed E-state index contributed by atoms with van der Waals surface area (Å²) >= 11 is 9.55. The summed E-state index contributed by atoms with van der Waals surface area (Å²) in [6.07, 6.45) is 0.700. The van der Waals surface area contributed by atoms with E-state index >= 15 is 0 Å². The van der Waals surface area contributed by atoms with Crippen molar-refractivity contribution in [3.63, 3.8) is 0 Å². The Kier molecular flexibility index (Phi) is 4.96. The molecule has 1 fully saturated rings. The smallest absolute Gasteiger partial charge is 0.182 e. The van der Waals surface area contributed by atoms with E-state index in [1.807, 2.05) is 6.07 Å². The van der Waals surface area contributed by atoms with Gasteiger partial charge in [0.25, 0.3) is 0 Å². The maximum Gasteiger partial charge on any atom is 0.182 e. The summed E-state index contributed by atoms with van der Waals surface area (Å²) in [6.45, 7) is 0. The van der Waals surface area contributed by atoms with E-state index in [1.54, 1.807) is 48.5 Å². The Morgan fingerprint density at radius 3 is 2.41 bits per heavy atom. The molecule has 0 bridgehead atoms. The molecule has 1 aliphatic heterocycles. The van der Waals surface area contributed by atoms with Crippen molar-refractivity contribution in [1.82, 2.24) is 4.98 Å². The third kappa shape index (κ3) is 2.83. The Morgan fingerprint density at radius 1 is 1.12 bits per heavy atom. The fourth-order valence-electron chi connectivity index (χ4n) is 5.25. The van der Waals surface area contributed by atoms with Crippen LogP contribution in [0.15, 0.2) is 71.3 Å². The third-order valence-electron chi connectivity index (χ3n) is 6.45. The molecule has 9 heteroatoms. The van der Waals surface area contributed by atoms with E-state index in [4.69, 9.17) is 16.3 Å². The van der Waals surface area contributed by atoms with Gasteiger partial charge in [0.15, 0.2) is 21.0 Å². The maximum absolute atomic E-state index is 13.0. The van der Waals surface area contributed by atoms with Gasteiger partial charge in [-0.3, -0.25) is 4.98 Å². The zero-order valence-corrected chi connectivity index (χ0v) is 20.0. The van der Waals surface area contributed by atoms with Crippen molar-refractivity contribution in [1.29, 1.82) is 0 Å². The molecular formula is C23H19BrClNO5S. The summed E-state index contributed by atoms with van der Waals surface area (Å²) in [5.41, 5.74) is -2.63. The van der Waals surface area contributed by atoms with Gasteiger partial charge in [0.1, 0.15) is 22.8 Å². The highest BCUT2D eigenvalue weighted by atomic mass is 79.9. The number of nitrogens with zero attached hydrogens (tertiary/aromatic N) is 1. The molecule has 1 saturated carbocycles. The van der Waals surface area contributed by atoms with Crippen molar-refractivity contribution >= 4 is 37.4 Å². The Labute approximate surface area is 198 Å². The van der Waals surface area contributed by atoms with Crippen molar-refractivity contribution < 1.29 is 23.4 Å². The van der Waals surface area contributed by atoms with E-state index in [1.165, 1.54) is 12.3 Å². The van der Waals surface area contributed by atoms with E-state index in [9.17, 15) is 18.6 Å². The molecule has 32 heavy (non-hydrogen) atoms. The number of ether oxygens (including phenoxy) is 1. The lowest BCUT2D eigenvalue weighted by Crippen LogP contribution is -2.52. The number of fused-ring (bicyclic) bond motifs is 3. The van der Waals surface area contributed by atoms with Gasteiger partial charge in [0, 0.05) is 23.0 Å². The van der Waals surface area contributed by atoms with Gasteiger partial charge in [-0.2, -0.15) is 0 Å². The van der Waals surface area contributed by atoms with Crippen LogP contribution in [-0.4, -0.2) is 41.2 Å². The van der Waals surface area contributed by atoms with E-state index in [-0.39, 0.29) is 11.4 Å².